The van der Waals surface area contributed by atoms with E-state index in [9.17, 15) is 9.18 Å². The molecule has 2 aliphatic rings. The molecule has 0 spiro atoms. The van der Waals surface area contributed by atoms with Crippen LogP contribution in [0.5, 0.6) is 0 Å². The van der Waals surface area contributed by atoms with E-state index in [0.29, 0.717) is 31.6 Å². The van der Waals surface area contributed by atoms with E-state index in [-0.39, 0.29) is 11.7 Å². The molecule has 0 atom stereocenters. The van der Waals surface area contributed by atoms with Gasteiger partial charge in [-0.3, -0.25) is 14.8 Å². The average Bonchev–Trinajstić information content (AvgIpc) is 3.12. The Morgan fingerprint density at radius 2 is 1.90 bits per heavy atom. The summed E-state index contributed by atoms with van der Waals surface area (Å²) in [7, 11) is 0. The maximum absolute atomic E-state index is 13.6. The number of benzene rings is 2. The van der Waals surface area contributed by atoms with E-state index in [1.54, 1.807) is 13.0 Å². The number of halogens is 1. The molecule has 4 nitrogen and oxygen atoms in total. The van der Waals surface area contributed by atoms with E-state index >= 15 is 0 Å². The molecule has 0 fully saturated rings. The van der Waals surface area contributed by atoms with Crippen molar-refractivity contribution in [1.82, 2.24) is 9.88 Å². The first-order chi connectivity index (χ1) is 14.5. The Morgan fingerprint density at radius 3 is 2.70 bits per heavy atom. The van der Waals surface area contributed by atoms with Gasteiger partial charge in [0.15, 0.2) is 0 Å². The van der Waals surface area contributed by atoms with Crippen LogP contribution in [-0.4, -0.2) is 21.5 Å². The fourth-order valence-electron chi connectivity index (χ4n) is 4.33. The number of carbonyl (C=O) groups is 1. The number of rotatable bonds is 3. The van der Waals surface area contributed by atoms with Gasteiger partial charge in [0.2, 0.25) is 5.91 Å². The van der Waals surface area contributed by atoms with Gasteiger partial charge in [0.05, 0.1) is 18.7 Å². The summed E-state index contributed by atoms with van der Waals surface area (Å²) in [6.07, 6.45) is 2.21. The first-order valence-electron chi connectivity index (χ1n) is 10.1. The van der Waals surface area contributed by atoms with E-state index in [4.69, 9.17) is 4.99 Å². The van der Waals surface area contributed by atoms with Crippen LogP contribution in [0.4, 0.5) is 4.39 Å². The topological polar surface area (TPSA) is 45.6 Å². The van der Waals surface area contributed by atoms with Gasteiger partial charge in [-0.25, -0.2) is 4.39 Å². The van der Waals surface area contributed by atoms with Gasteiger partial charge in [-0.1, -0.05) is 18.2 Å². The Kier molecular flexibility index (Phi) is 4.46. The van der Waals surface area contributed by atoms with Crippen molar-refractivity contribution in [2.24, 2.45) is 4.99 Å². The van der Waals surface area contributed by atoms with Crippen LogP contribution >= 0.6 is 0 Å². The standard InChI is InChI=1S/C25H22FN3O/c1-15-7-17(3-4-23(15)26)13-29-14-21-10-22-20(9-19(21)11-24(29)30)12-28-25(22)18-5-6-27-16(2)8-18/h3-10H,11-14H2,1-2H3. The highest BCUT2D eigenvalue weighted by molar-refractivity contribution is 6.15. The lowest BCUT2D eigenvalue weighted by atomic mass is 9.91. The molecule has 1 amide bonds. The summed E-state index contributed by atoms with van der Waals surface area (Å²) in [4.78, 5) is 23.7. The molecular formula is C25H22FN3O. The van der Waals surface area contributed by atoms with Crippen molar-refractivity contribution in [3.8, 4) is 0 Å². The van der Waals surface area contributed by atoms with Crippen LogP contribution < -0.4 is 0 Å². The van der Waals surface area contributed by atoms with Crippen LogP contribution in [0.15, 0.2) is 53.7 Å². The van der Waals surface area contributed by atoms with E-state index in [1.165, 1.54) is 11.6 Å². The number of aryl methyl sites for hydroxylation is 2. The first-order valence-corrected chi connectivity index (χ1v) is 10.1. The first kappa shape index (κ1) is 18.7. The van der Waals surface area contributed by atoms with Crippen LogP contribution in [0.2, 0.25) is 0 Å². The number of fused-ring (bicyclic) bond motifs is 2. The Hall–Kier alpha value is -3.34. The normalized spacial score (nSPS) is 15.1. The summed E-state index contributed by atoms with van der Waals surface area (Å²) in [6.45, 7) is 5.41. The molecule has 150 valence electrons. The number of aliphatic imine (C=N–C) groups is 1. The Bertz CT molecular complexity index is 1220. The van der Waals surface area contributed by atoms with E-state index < -0.39 is 0 Å². The molecule has 1 aromatic heterocycles. The molecule has 2 aliphatic heterocycles. The Morgan fingerprint density at radius 1 is 1.03 bits per heavy atom. The van der Waals surface area contributed by atoms with E-state index in [0.717, 1.165) is 39.2 Å². The fraction of sp³-hybridized carbons (Fsp3) is 0.240. The minimum Gasteiger partial charge on any atom is -0.334 e. The summed E-state index contributed by atoms with van der Waals surface area (Å²) in [6, 6.07) is 13.4. The molecule has 5 heteroatoms. The number of hydrogen-bond acceptors (Lipinski definition) is 3. The highest BCUT2D eigenvalue weighted by Gasteiger charge is 2.27. The predicted octanol–water partition coefficient (Wildman–Crippen LogP) is 4.27. The Balaban J connectivity index is 1.45. The van der Waals surface area contributed by atoms with E-state index in [1.807, 2.05) is 30.2 Å². The molecule has 3 heterocycles. The number of amides is 1. The third-order valence-corrected chi connectivity index (χ3v) is 5.91. The van der Waals surface area contributed by atoms with Crippen molar-refractivity contribution >= 4 is 11.6 Å². The lowest BCUT2D eigenvalue weighted by Gasteiger charge is -2.29. The quantitative estimate of drug-likeness (QED) is 0.660. The molecule has 0 radical (unpaired) electrons. The van der Waals surface area contributed by atoms with Crippen molar-refractivity contribution in [2.75, 3.05) is 0 Å². The van der Waals surface area contributed by atoms with Crippen LogP contribution in [-0.2, 0) is 30.8 Å². The van der Waals surface area contributed by atoms with Gasteiger partial charge in [0, 0.05) is 36.1 Å². The zero-order chi connectivity index (χ0) is 20.8. The van der Waals surface area contributed by atoms with Gasteiger partial charge >= 0.3 is 0 Å². The molecule has 2 aromatic carbocycles. The lowest BCUT2D eigenvalue weighted by Crippen LogP contribution is -2.35. The number of pyridine rings is 1. The monoisotopic (exact) mass is 399 g/mol. The maximum Gasteiger partial charge on any atom is 0.227 e. The summed E-state index contributed by atoms with van der Waals surface area (Å²) in [5.41, 5.74) is 9.15. The summed E-state index contributed by atoms with van der Waals surface area (Å²) in [5.74, 6) is -0.115. The van der Waals surface area contributed by atoms with Crippen LogP contribution in [0.3, 0.4) is 0 Å². The molecule has 0 unspecified atom stereocenters. The van der Waals surface area contributed by atoms with Crippen LogP contribution in [0.25, 0.3) is 0 Å². The molecule has 0 saturated carbocycles. The number of nitrogens with zero attached hydrogens (tertiary/aromatic N) is 3. The molecule has 0 N–H and O–H groups in total. The van der Waals surface area contributed by atoms with Crippen molar-refractivity contribution in [1.29, 1.82) is 0 Å². The zero-order valence-corrected chi connectivity index (χ0v) is 17.1. The molecule has 0 saturated heterocycles. The minimum atomic E-state index is -0.220. The molecule has 3 aromatic rings. The highest BCUT2D eigenvalue weighted by atomic mass is 19.1. The van der Waals surface area contributed by atoms with Crippen molar-refractivity contribution in [3.63, 3.8) is 0 Å². The predicted molar refractivity (Wildman–Crippen MR) is 114 cm³/mol. The van der Waals surface area contributed by atoms with Gasteiger partial charge in [-0.2, -0.15) is 0 Å². The molecule has 0 bridgehead atoms. The molecular weight excluding hydrogens is 377 g/mol. The maximum atomic E-state index is 13.6. The van der Waals surface area contributed by atoms with Gasteiger partial charge in [-0.15, -0.1) is 0 Å². The van der Waals surface area contributed by atoms with Crippen LogP contribution in [0.1, 0.15) is 44.6 Å². The number of hydrogen-bond donors (Lipinski definition) is 0. The van der Waals surface area contributed by atoms with Gasteiger partial charge in [0.1, 0.15) is 5.82 Å². The van der Waals surface area contributed by atoms with Gasteiger partial charge in [-0.05, 0) is 65.9 Å². The van der Waals surface area contributed by atoms with Crippen molar-refractivity contribution in [3.05, 3.63) is 99.1 Å². The molecule has 30 heavy (non-hydrogen) atoms. The molecule has 5 rings (SSSR count). The highest BCUT2D eigenvalue weighted by Crippen LogP contribution is 2.30. The summed E-state index contributed by atoms with van der Waals surface area (Å²) < 4.78 is 13.6. The average molecular weight is 399 g/mol. The molecule has 0 aliphatic carbocycles. The van der Waals surface area contributed by atoms with Crippen molar-refractivity contribution < 1.29 is 9.18 Å². The van der Waals surface area contributed by atoms with Crippen LogP contribution in [0, 0.1) is 19.7 Å². The van der Waals surface area contributed by atoms with Gasteiger partial charge < -0.3 is 4.90 Å². The summed E-state index contributed by atoms with van der Waals surface area (Å²) >= 11 is 0. The lowest BCUT2D eigenvalue weighted by molar-refractivity contribution is -0.132. The smallest absolute Gasteiger partial charge is 0.227 e. The largest absolute Gasteiger partial charge is 0.334 e. The van der Waals surface area contributed by atoms with Gasteiger partial charge in [0.25, 0.3) is 0 Å². The number of aromatic nitrogens is 1. The van der Waals surface area contributed by atoms with Crippen molar-refractivity contribution in [2.45, 2.75) is 39.9 Å². The Labute approximate surface area is 175 Å². The second-order valence-corrected chi connectivity index (χ2v) is 8.14. The SMILES string of the molecule is Cc1cc(C2=NCc3cc4c(cc32)CN(Cc2ccc(F)c(C)c2)C(=O)C4)ccn1. The zero-order valence-electron chi connectivity index (χ0n) is 17.1. The minimum absolute atomic E-state index is 0.105. The summed E-state index contributed by atoms with van der Waals surface area (Å²) in [5, 5.41) is 0. The fourth-order valence-corrected chi connectivity index (χ4v) is 4.33. The number of carbonyl (C=O) groups excluding carboxylic acids is 1. The third kappa shape index (κ3) is 3.30. The third-order valence-electron chi connectivity index (χ3n) is 5.91. The second-order valence-electron chi connectivity index (χ2n) is 8.14. The van der Waals surface area contributed by atoms with E-state index in [2.05, 4.69) is 23.2 Å². The second kappa shape index (κ2) is 7.17.